The highest BCUT2D eigenvalue weighted by Crippen LogP contribution is 2.35. The van der Waals surface area contributed by atoms with Gasteiger partial charge >= 0.3 is 0 Å². The zero-order valence-corrected chi connectivity index (χ0v) is 12.5. The minimum Gasteiger partial charge on any atom is -0.493 e. The molecule has 0 saturated carbocycles. The molecule has 2 rings (SSSR count). The molecule has 1 atom stereocenters. The summed E-state index contributed by atoms with van der Waals surface area (Å²) in [5.74, 6) is 1.70. The second-order valence-electron chi connectivity index (χ2n) is 5.24. The summed E-state index contributed by atoms with van der Waals surface area (Å²) in [5.41, 5.74) is 4.71. The number of nitrogens with two attached hydrogens (primary N) is 1. The minimum atomic E-state index is -0.758. The van der Waals surface area contributed by atoms with Gasteiger partial charge in [-0.3, -0.25) is 4.79 Å². The van der Waals surface area contributed by atoms with Gasteiger partial charge in [0.15, 0.2) is 11.5 Å². The summed E-state index contributed by atoms with van der Waals surface area (Å²) in [5, 5.41) is 3.17. The van der Waals surface area contributed by atoms with E-state index in [2.05, 4.69) is 5.32 Å². The molecule has 1 amide bonds. The summed E-state index contributed by atoms with van der Waals surface area (Å²) in [7, 11) is 0. The lowest BCUT2D eigenvalue weighted by atomic mass is 9.97. The van der Waals surface area contributed by atoms with Gasteiger partial charge in [-0.15, -0.1) is 0 Å². The van der Waals surface area contributed by atoms with Crippen molar-refractivity contribution in [3.8, 4) is 17.2 Å². The first-order chi connectivity index (χ1) is 10.0. The number of rotatable bonds is 8. The quantitative estimate of drug-likeness (QED) is 0.758. The predicted octanol–water partition coefficient (Wildman–Crippen LogP) is 1.43. The Bertz CT molecular complexity index is 506. The molecule has 1 aliphatic rings. The molecular weight excluding hydrogens is 272 g/mol. The van der Waals surface area contributed by atoms with Crippen molar-refractivity contribution < 1.29 is 19.0 Å². The molecule has 3 N–H and O–H groups in total. The predicted molar refractivity (Wildman–Crippen MR) is 78.6 cm³/mol. The van der Waals surface area contributed by atoms with Crippen LogP contribution in [0.2, 0.25) is 0 Å². The fourth-order valence-corrected chi connectivity index (χ4v) is 2.04. The van der Waals surface area contributed by atoms with Crippen molar-refractivity contribution in [2.24, 2.45) is 5.73 Å². The summed E-state index contributed by atoms with van der Waals surface area (Å²) < 4.78 is 16.2. The maximum atomic E-state index is 11.6. The van der Waals surface area contributed by atoms with E-state index in [1.165, 1.54) is 0 Å². The number of benzene rings is 1. The first-order valence-corrected chi connectivity index (χ1v) is 7.12. The van der Waals surface area contributed by atoms with E-state index in [0.29, 0.717) is 30.3 Å². The van der Waals surface area contributed by atoms with E-state index >= 15 is 0 Å². The van der Waals surface area contributed by atoms with Gasteiger partial charge in [-0.05, 0) is 32.0 Å². The fraction of sp³-hybridized carbons (Fsp3) is 0.533. The molecule has 0 spiro atoms. The van der Waals surface area contributed by atoms with Gasteiger partial charge in [-0.2, -0.15) is 0 Å². The zero-order chi connectivity index (χ0) is 15.3. The molecule has 21 heavy (non-hydrogen) atoms. The van der Waals surface area contributed by atoms with Gasteiger partial charge in [0, 0.05) is 12.5 Å². The number of amides is 1. The highest BCUT2D eigenvalue weighted by Gasteiger charge is 2.30. The van der Waals surface area contributed by atoms with Crippen LogP contribution in [0.1, 0.15) is 26.7 Å². The van der Waals surface area contributed by atoms with Crippen LogP contribution >= 0.6 is 0 Å². The Labute approximate surface area is 124 Å². The van der Waals surface area contributed by atoms with Gasteiger partial charge in [-0.1, -0.05) is 6.92 Å². The fourth-order valence-electron chi connectivity index (χ4n) is 2.04. The number of ether oxygens (including phenoxy) is 3. The smallest absolute Gasteiger partial charge is 0.237 e. The number of carbonyl (C=O) groups excluding carboxylic acids is 1. The number of primary amides is 1. The number of hydrogen-bond acceptors (Lipinski definition) is 5. The Balaban J connectivity index is 1.88. The monoisotopic (exact) mass is 294 g/mol. The summed E-state index contributed by atoms with van der Waals surface area (Å²) in [6, 6.07) is 5.40. The molecule has 1 aliphatic heterocycles. The lowest BCUT2D eigenvalue weighted by molar-refractivity contribution is -0.124. The Morgan fingerprint density at radius 2 is 2.19 bits per heavy atom. The minimum absolute atomic E-state index is 0.236. The average molecular weight is 294 g/mol. The first-order valence-electron chi connectivity index (χ1n) is 7.12. The topological polar surface area (TPSA) is 82.8 Å². The molecule has 116 valence electrons. The Hall–Kier alpha value is -1.95. The molecule has 6 nitrogen and oxygen atoms in total. The van der Waals surface area contributed by atoms with E-state index < -0.39 is 5.54 Å². The maximum absolute atomic E-state index is 11.6. The van der Waals surface area contributed by atoms with Crippen LogP contribution in [0.25, 0.3) is 0 Å². The molecule has 0 bridgehead atoms. The van der Waals surface area contributed by atoms with E-state index in [1.807, 2.05) is 13.0 Å². The van der Waals surface area contributed by atoms with Crippen molar-refractivity contribution in [1.82, 2.24) is 5.32 Å². The van der Waals surface area contributed by atoms with E-state index in [-0.39, 0.29) is 12.7 Å². The van der Waals surface area contributed by atoms with Gasteiger partial charge in [0.2, 0.25) is 12.7 Å². The van der Waals surface area contributed by atoms with Crippen LogP contribution < -0.4 is 25.3 Å². The SMILES string of the molecule is CCCNC(C)(CCOc1ccc2c(c1)OCO2)C(N)=O. The van der Waals surface area contributed by atoms with Gasteiger partial charge in [0.25, 0.3) is 0 Å². The summed E-state index contributed by atoms with van der Waals surface area (Å²) >= 11 is 0. The van der Waals surface area contributed by atoms with Crippen LogP contribution in [0.3, 0.4) is 0 Å². The van der Waals surface area contributed by atoms with Gasteiger partial charge < -0.3 is 25.3 Å². The molecule has 0 fully saturated rings. The normalized spacial score (nSPS) is 15.5. The summed E-state index contributed by atoms with van der Waals surface area (Å²) in [6.07, 6.45) is 1.43. The van der Waals surface area contributed by atoms with Gasteiger partial charge in [0.1, 0.15) is 5.75 Å². The molecule has 0 aliphatic carbocycles. The van der Waals surface area contributed by atoms with Crippen LogP contribution in [0, 0.1) is 0 Å². The van der Waals surface area contributed by atoms with Crippen molar-refractivity contribution in [1.29, 1.82) is 0 Å². The molecular formula is C15H22N2O4. The second kappa shape index (κ2) is 6.67. The second-order valence-corrected chi connectivity index (χ2v) is 5.24. The van der Waals surface area contributed by atoms with Crippen LogP contribution in [-0.4, -0.2) is 31.4 Å². The van der Waals surface area contributed by atoms with Crippen molar-refractivity contribution in [3.05, 3.63) is 18.2 Å². The van der Waals surface area contributed by atoms with Crippen molar-refractivity contribution in [2.75, 3.05) is 19.9 Å². The van der Waals surface area contributed by atoms with E-state index in [9.17, 15) is 4.79 Å². The third-order valence-electron chi connectivity index (χ3n) is 3.52. The van der Waals surface area contributed by atoms with E-state index in [1.54, 1.807) is 19.1 Å². The number of hydrogen-bond donors (Lipinski definition) is 2. The van der Waals surface area contributed by atoms with Crippen LogP contribution in [-0.2, 0) is 4.79 Å². The van der Waals surface area contributed by atoms with Crippen molar-refractivity contribution >= 4 is 5.91 Å². The molecule has 1 unspecified atom stereocenters. The Morgan fingerprint density at radius 3 is 2.90 bits per heavy atom. The Kier molecular flexibility index (Phi) is 4.90. The highest BCUT2D eigenvalue weighted by molar-refractivity contribution is 5.84. The highest BCUT2D eigenvalue weighted by atomic mass is 16.7. The molecule has 0 aromatic heterocycles. The standard InChI is InChI=1S/C15H22N2O4/c1-3-7-17-15(2,14(16)18)6-8-19-11-4-5-12-13(9-11)21-10-20-12/h4-5,9,17H,3,6-8,10H2,1-2H3,(H2,16,18). The van der Waals surface area contributed by atoms with E-state index in [0.717, 1.165) is 13.0 Å². The van der Waals surface area contributed by atoms with Gasteiger partial charge in [0.05, 0.1) is 12.1 Å². The summed E-state index contributed by atoms with van der Waals surface area (Å²) in [6.45, 7) is 5.20. The largest absolute Gasteiger partial charge is 0.493 e. The van der Waals surface area contributed by atoms with Gasteiger partial charge in [-0.25, -0.2) is 0 Å². The zero-order valence-electron chi connectivity index (χ0n) is 12.5. The summed E-state index contributed by atoms with van der Waals surface area (Å²) in [4.78, 5) is 11.6. The maximum Gasteiger partial charge on any atom is 0.237 e. The first kappa shape index (κ1) is 15.4. The molecule has 1 aromatic carbocycles. The third kappa shape index (κ3) is 3.78. The van der Waals surface area contributed by atoms with Crippen molar-refractivity contribution in [3.63, 3.8) is 0 Å². The number of nitrogens with one attached hydrogen (secondary N) is 1. The lowest BCUT2D eigenvalue weighted by Gasteiger charge is -2.27. The molecule has 1 heterocycles. The molecule has 1 aromatic rings. The number of carbonyl (C=O) groups is 1. The molecule has 0 radical (unpaired) electrons. The lowest BCUT2D eigenvalue weighted by Crippen LogP contribution is -2.54. The molecule has 6 heteroatoms. The van der Waals surface area contributed by atoms with E-state index in [4.69, 9.17) is 19.9 Å². The average Bonchev–Trinajstić information content (AvgIpc) is 2.92. The van der Waals surface area contributed by atoms with Crippen LogP contribution in [0.4, 0.5) is 0 Å². The third-order valence-corrected chi connectivity index (χ3v) is 3.52. The number of fused-ring (bicyclic) bond motifs is 1. The van der Waals surface area contributed by atoms with Crippen molar-refractivity contribution in [2.45, 2.75) is 32.2 Å². The molecule has 0 saturated heterocycles. The van der Waals surface area contributed by atoms with Crippen LogP contribution in [0.15, 0.2) is 18.2 Å². The van der Waals surface area contributed by atoms with Crippen LogP contribution in [0.5, 0.6) is 17.2 Å². The Morgan fingerprint density at radius 1 is 1.43 bits per heavy atom.